The van der Waals surface area contributed by atoms with Gasteiger partial charge in [0.05, 0.1) is 11.6 Å². The Labute approximate surface area is 112 Å². The maximum Gasteiger partial charge on any atom is 0.308 e. The van der Waals surface area contributed by atoms with Crippen LogP contribution in [0.2, 0.25) is 0 Å². The molecule has 0 aliphatic heterocycles. The Morgan fingerprint density at radius 1 is 1.47 bits per heavy atom. The lowest BCUT2D eigenvalue weighted by Crippen LogP contribution is -2.32. The van der Waals surface area contributed by atoms with Crippen molar-refractivity contribution in [3.8, 4) is 0 Å². The molecule has 2 N–H and O–H groups in total. The zero-order chi connectivity index (χ0) is 14.8. The van der Waals surface area contributed by atoms with E-state index >= 15 is 0 Å². The van der Waals surface area contributed by atoms with Gasteiger partial charge in [-0.3, -0.25) is 14.3 Å². The molecule has 1 atom stereocenters. The lowest BCUT2D eigenvalue weighted by atomic mass is 9.92. The number of hydrogen-bond acceptors (Lipinski definition) is 3. The number of aromatic nitrogens is 2. The highest BCUT2D eigenvalue weighted by molar-refractivity contribution is 5.93. The predicted molar refractivity (Wildman–Crippen MR) is 71.0 cm³/mol. The maximum atomic E-state index is 12.0. The molecule has 0 radical (unpaired) electrons. The first-order valence-corrected chi connectivity index (χ1v) is 6.18. The van der Waals surface area contributed by atoms with Gasteiger partial charge in [-0.05, 0) is 6.07 Å². The molecule has 1 aromatic rings. The molecule has 0 bridgehead atoms. The van der Waals surface area contributed by atoms with E-state index in [1.54, 1.807) is 20.0 Å². The molecule has 1 amide bonds. The lowest BCUT2D eigenvalue weighted by molar-refractivity contribution is -0.140. The molecule has 1 unspecified atom stereocenters. The Bertz CT molecular complexity index is 486. The van der Waals surface area contributed by atoms with Crippen molar-refractivity contribution in [2.24, 2.45) is 13.0 Å². The molecule has 19 heavy (non-hydrogen) atoms. The molecule has 106 valence electrons. The van der Waals surface area contributed by atoms with Gasteiger partial charge in [-0.25, -0.2) is 0 Å². The van der Waals surface area contributed by atoms with Gasteiger partial charge in [0.2, 0.25) is 0 Å². The number of amides is 1. The number of carbonyl (C=O) groups excluding carboxylic acids is 1. The van der Waals surface area contributed by atoms with E-state index in [1.165, 1.54) is 4.68 Å². The molecule has 0 fully saturated rings. The minimum Gasteiger partial charge on any atom is -0.481 e. The van der Waals surface area contributed by atoms with E-state index in [0.717, 1.165) is 5.69 Å². The standard InChI is InChI=1S/C13H21N3O3/c1-8(12(18)19)7-14-11(17)9-6-10(13(2,3)4)15-16(9)5/h6,8H,7H2,1-5H3,(H,14,17)(H,18,19). The van der Waals surface area contributed by atoms with Crippen LogP contribution in [0.5, 0.6) is 0 Å². The second kappa shape index (κ2) is 5.42. The summed E-state index contributed by atoms with van der Waals surface area (Å²) in [4.78, 5) is 22.6. The van der Waals surface area contributed by atoms with Crippen LogP contribution < -0.4 is 5.32 Å². The van der Waals surface area contributed by atoms with Crippen LogP contribution in [0.25, 0.3) is 0 Å². The van der Waals surface area contributed by atoms with Crippen molar-refractivity contribution in [3.63, 3.8) is 0 Å². The number of hydrogen-bond donors (Lipinski definition) is 2. The van der Waals surface area contributed by atoms with Crippen LogP contribution in [0.4, 0.5) is 0 Å². The van der Waals surface area contributed by atoms with E-state index < -0.39 is 11.9 Å². The zero-order valence-electron chi connectivity index (χ0n) is 12.0. The van der Waals surface area contributed by atoms with E-state index in [1.807, 2.05) is 20.8 Å². The van der Waals surface area contributed by atoms with Crippen molar-refractivity contribution in [2.75, 3.05) is 6.54 Å². The number of nitrogens with one attached hydrogen (secondary N) is 1. The van der Waals surface area contributed by atoms with E-state index in [9.17, 15) is 9.59 Å². The minimum absolute atomic E-state index is 0.101. The normalized spacial score (nSPS) is 13.1. The Hall–Kier alpha value is -1.85. The highest BCUT2D eigenvalue weighted by atomic mass is 16.4. The van der Waals surface area contributed by atoms with Crippen LogP contribution in [-0.2, 0) is 17.3 Å². The van der Waals surface area contributed by atoms with E-state index in [0.29, 0.717) is 5.69 Å². The predicted octanol–water partition coefficient (Wildman–Crippen LogP) is 1.17. The zero-order valence-corrected chi connectivity index (χ0v) is 12.0. The number of carbonyl (C=O) groups is 2. The van der Waals surface area contributed by atoms with Crippen molar-refractivity contribution in [1.82, 2.24) is 15.1 Å². The molecule has 0 aliphatic rings. The number of carboxylic acid groups (broad SMARTS) is 1. The number of carboxylic acids is 1. The second-order valence-electron chi connectivity index (χ2n) is 5.74. The van der Waals surface area contributed by atoms with E-state index in [2.05, 4.69) is 10.4 Å². The fraction of sp³-hybridized carbons (Fsp3) is 0.615. The highest BCUT2D eigenvalue weighted by Gasteiger charge is 2.22. The van der Waals surface area contributed by atoms with Gasteiger partial charge in [0.15, 0.2) is 0 Å². The first-order valence-electron chi connectivity index (χ1n) is 6.18. The van der Waals surface area contributed by atoms with Crippen LogP contribution in [-0.4, -0.2) is 33.3 Å². The van der Waals surface area contributed by atoms with Gasteiger partial charge >= 0.3 is 5.97 Å². The Kier molecular flexibility index (Phi) is 4.34. The molecule has 1 aromatic heterocycles. The van der Waals surface area contributed by atoms with Crippen LogP contribution in [0, 0.1) is 5.92 Å². The molecule has 0 aromatic carbocycles. The Morgan fingerprint density at radius 3 is 2.47 bits per heavy atom. The van der Waals surface area contributed by atoms with E-state index in [-0.39, 0.29) is 17.9 Å². The summed E-state index contributed by atoms with van der Waals surface area (Å²) in [6.45, 7) is 7.70. The molecule has 6 heteroatoms. The van der Waals surface area contributed by atoms with Gasteiger partial charge in [0.1, 0.15) is 5.69 Å². The van der Waals surface area contributed by atoms with Gasteiger partial charge in [0.25, 0.3) is 5.91 Å². The van der Waals surface area contributed by atoms with Crippen LogP contribution in [0.1, 0.15) is 43.9 Å². The summed E-state index contributed by atoms with van der Waals surface area (Å²) < 4.78 is 1.52. The molecular weight excluding hydrogens is 246 g/mol. The molecular formula is C13H21N3O3. The number of aryl methyl sites for hydroxylation is 1. The van der Waals surface area contributed by atoms with E-state index in [4.69, 9.17) is 5.11 Å². The Morgan fingerprint density at radius 2 is 2.05 bits per heavy atom. The molecule has 6 nitrogen and oxygen atoms in total. The average molecular weight is 267 g/mol. The largest absolute Gasteiger partial charge is 0.481 e. The third-order valence-corrected chi connectivity index (χ3v) is 2.87. The highest BCUT2D eigenvalue weighted by Crippen LogP contribution is 2.21. The quantitative estimate of drug-likeness (QED) is 0.857. The first kappa shape index (κ1) is 15.2. The minimum atomic E-state index is -0.930. The summed E-state index contributed by atoms with van der Waals surface area (Å²) in [6, 6.07) is 1.74. The summed E-state index contributed by atoms with van der Waals surface area (Å²) in [5.74, 6) is -1.85. The van der Waals surface area contributed by atoms with Crippen molar-refractivity contribution < 1.29 is 14.7 Å². The van der Waals surface area contributed by atoms with Crippen LogP contribution in [0.3, 0.4) is 0 Å². The second-order valence-corrected chi connectivity index (χ2v) is 5.74. The topological polar surface area (TPSA) is 84.2 Å². The number of rotatable bonds is 4. The monoisotopic (exact) mass is 267 g/mol. The van der Waals surface area contributed by atoms with Gasteiger partial charge in [0, 0.05) is 19.0 Å². The van der Waals surface area contributed by atoms with Crippen LogP contribution in [0.15, 0.2) is 6.07 Å². The average Bonchev–Trinajstić information content (AvgIpc) is 2.67. The molecule has 0 aliphatic carbocycles. The molecule has 0 spiro atoms. The summed E-state index contributed by atoms with van der Waals surface area (Å²) in [7, 11) is 1.70. The van der Waals surface area contributed by atoms with Gasteiger partial charge in [-0.15, -0.1) is 0 Å². The van der Waals surface area contributed by atoms with Crippen molar-refractivity contribution >= 4 is 11.9 Å². The van der Waals surface area contributed by atoms with Crippen LogP contribution >= 0.6 is 0 Å². The fourth-order valence-electron chi connectivity index (χ4n) is 1.47. The van der Waals surface area contributed by atoms with Crippen molar-refractivity contribution in [2.45, 2.75) is 33.1 Å². The Balaban J connectivity index is 2.78. The summed E-state index contributed by atoms with van der Waals surface area (Å²) >= 11 is 0. The summed E-state index contributed by atoms with van der Waals surface area (Å²) in [5, 5.41) is 15.7. The van der Waals surface area contributed by atoms with Gasteiger partial charge < -0.3 is 10.4 Å². The SMILES string of the molecule is CC(CNC(=O)c1cc(C(C)(C)C)nn1C)C(=O)O. The van der Waals surface area contributed by atoms with Gasteiger partial charge in [-0.1, -0.05) is 27.7 Å². The third kappa shape index (κ3) is 3.81. The fourth-order valence-corrected chi connectivity index (χ4v) is 1.47. The molecule has 0 saturated heterocycles. The summed E-state index contributed by atoms with van der Waals surface area (Å²) in [5.41, 5.74) is 1.12. The molecule has 0 saturated carbocycles. The number of nitrogens with zero attached hydrogens (tertiary/aromatic N) is 2. The van der Waals surface area contributed by atoms with Gasteiger partial charge in [-0.2, -0.15) is 5.10 Å². The summed E-state index contributed by atoms with van der Waals surface area (Å²) in [6.07, 6.45) is 0. The lowest BCUT2D eigenvalue weighted by Gasteiger charge is -2.13. The molecule has 1 heterocycles. The first-order chi connectivity index (χ1) is 8.62. The number of aliphatic carboxylic acids is 1. The maximum absolute atomic E-state index is 12.0. The molecule has 1 rings (SSSR count). The third-order valence-electron chi connectivity index (χ3n) is 2.87. The van der Waals surface area contributed by atoms with Crippen molar-refractivity contribution in [1.29, 1.82) is 0 Å². The smallest absolute Gasteiger partial charge is 0.308 e. The van der Waals surface area contributed by atoms with Crippen molar-refractivity contribution in [3.05, 3.63) is 17.5 Å².